The van der Waals surface area contributed by atoms with Crippen LogP contribution in [0.15, 0.2) is 18.2 Å². The van der Waals surface area contributed by atoms with Crippen molar-refractivity contribution in [2.45, 2.75) is 38.8 Å². The number of rotatable bonds is 4. The minimum atomic E-state index is -0.504. The number of carbonyl (C=O) groups is 1. The van der Waals surface area contributed by atoms with Crippen LogP contribution in [0.2, 0.25) is 5.02 Å². The van der Waals surface area contributed by atoms with E-state index in [1.54, 1.807) is 19.1 Å². The van der Waals surface area contributed by atoms with Crippen molar-refractivity contribution < 1.29 is 9.53 Å². The van der Waals surface area contributed by atoms with Gasteiger partial charge in [-0.1, -0.05) is 11.6 Å². The van der Waals surface area contributed by atoms with E-state index >= 15 is 0 Å². The van der Waals surface area contributed by atoms with E-state index in [9.17, 15) is 4.79 Å². The quantitative estimate of drug-likeness (QED) is 0.926. The molecular weight excluding hydrogens is 300 g/mol. The highest BCUT2D eigenvalue weighted by Crippen LogP contribution is 2.27. The zero-order chi connectivity index (χ0) is 15.7. The Balaban J connectivity index is 1.56. The number of benzene rings is 1. The molecule has 5 heteroatoms. The van der Waals surface area contributed by atoms with Crippen LogP contribution in [-0.4, -0.2) is 42.6 Å². The third kappa shape index (κ3) is 3.39. The number of hydrogen-bond acceptors (Lipinski definition) is 3. The van der Waals surface area contributed by atoms with Crippen LogP contribution in [0.4, 0.5) is 0 Å². The van der Waals surface area contributed by atoms with Gasteiger partial charge in [0.05, 0.1) is 0 Å². The number of carbonyl (C=O) groups excluding carboxylic acids is 1. The van der Waals surface area contributed by atoms with Crippen molar-refractivity contribution in [2.24, 2.45) is 5.92 Å². The fourth-order valence-electron chi connectivity index (χ4n) is 3.38. The van der Waals surface area contributed by atoms with Gasteiger partial charge >= 0.3 is 0 Å². The van der Waals surface area contributed by atoms with Crippen molar-refractivity contribution in [3.8, 4) is 5.75 Å². The summed E-state index contributed by atoms with van der Waals surface area (Å²) < 4.78 is 5.75. The number of nitrogens with zero attached hydrogens (tertiary/aromatic N) is 1. The molecule has 3 aliphatic rings. The van der Waals surface area contributed by atoms with Gasteiger partial charge in [0, 0.05) is 17.6 Å². The lowest BCUT2D eigenvalue weighted by Crippen LogP contribution is -2.58. The van der Waals surface area contributed by atoms with Crippen molar-refractivity contribution >= 4 is 17.5 Å². The molecule has 1 N–H and O–H groups in total. The Morgan fingerprint density at radius 2 is 2.14 bits per heavy atom. The summed E-state index contributed by atoms with van der Waals surface area (Å²) in [6.07, 6.45) is 1.88. The second-order valence-electron chi connectivity index (χ2n) is 6.42. The molecule has 0 saturated carbocycles. The van der Waals surface area contributed by atoms with Crippen LogP contribution < -0.4 is 10.1 Å². The fraction of sp³-hybridized carbons (Fsp3) is 0.588. The number of halogens is 1. The lowest BCUT2D eigenvalue weighted by molar-refractivity contribution is -0.129. The van der Waals surface area contributed by atoms with Crippen LogP contribution in [0.5, 0.6) is 5.75 Å². The maximum absolute atomic E-state index is 12.4. The molecule has 0 spiro atoms. The molecule has 4 nitrogen and oxygen atoms in total. The normalized spacial score (nSPS) is 28.2. The summed E-state index contributed by atoms with van der Waals surface area (Å²) in [6.45, 7) is 7.04. The molecule has 3 saturated heterocycles. The molecule has 22 heavy (non-hydrogen) atoms. The minimum absolute atomic E-state index is 0.0358. The first-order valence-corrected chi connectivity index (χ1v) is 8.36. The van der Waals surface area contributed by atoms with E-state index in [1.165, 1.54) is 25.9 Å². The number of amides is 1. The van der Waals surface area contributed by atoms with Crippen LogP contribution in [-0.2, 0) is 4.79 Å². The van der Waals surface area contributed by atoms with E-state index in [4.69, 9.17) is 16.3 Å². The van der Waals surface area contributed by atoms with Gasteiger partial charge in [-0.05, 0) is 69.5 Å². The molecule has 4 rings (SSSR count). The van der Waals surface area contributed by atoms with E-state index in [0.29, 0.717) is 16.7 Å². The van der Waals surface area contributed by atoms with Crippen molar-refractivity contribution in [3.05, 3.63) is 28.8 Å². The molecule has 1 amide bonds. The first-order valence-electron chi connectivity index (χ1n) is 7.98. The highest BCUT2D eigenvalue weighted by Gasteiger charge is 2.35. The first kappa shape index (κ1) is 15.6. The van der Waals surface area contributed by atoms with Gasteiger partial charge in [-0.2, -0.15) is 0 Å². The van der Waals surface area contributed by atoms with Gasteiger partial charge in [-0.3, -0.25) is 4.79 Å². The van der Waals surface area contributed by atoms with Crippen LogP contribution >= 0.6 is 11.6 Å². The molecule has 120 valence electrons. The van der Waals surface area contributed by atoms with E-state index in [2.05, 4.69) is 10.2 Å². The average molecular weight is 323 g/mol. The summed E-state index contributed by atoms with van der Waals surface area (Å²) in [5, 5.41) is 3.87. The summed E-state index contributed by atoms with van der Waals surface area (Å²) in [5.41, 5.74) is 0.948. The van der Waals surface area contributed by atoms with Gasteiger partial charge in [0.2, 0.25) is 0 Å². The maximum atomic E-state index is 12.4. The lowest BCUT2D eigenvalue weighted by Gasteiger charge is -2.45. The van der Waals surface area contributed by atoms with Crippen LogP contribution in [0.3, 0.4) is 0 Å². The van der Waals surface area contributed by atoms with Crippen molar-refractivity contribution in [1.29, 1.82) is 0 Å². The second-order valence-corrected chi connectivity index (χ2v) is 6.83. The Kier molecular flexibility index (Phi) is 4.59. The predicted octanol–water partition coefficient (Wildman–Crippen LogP) is 2.63. The summed E-state index contributed by atoms with van der Waals surface area (Å²) in [5.74, 6) is 1.27. The predicted molar refractivity (Wildman–Crippen MR) is 87.4 cm³/mol. The van der Waals surface area contributed by atoms with Crippen molar-refractivity contribution in [2.75, 3.05) is 19.6 Å². The SMILES string of the molecule is Cc1cc(OC(C)C(=O)NC2CN3CCC2CC3)ccc1Cl. The van der Waals surface area contributed by atoms with E-state index < -0.39 is 6.10 Å². The highest BCUT2D eigenvalue weighted by atomic mass is 35.5. The van der Waals surface area contributed by atoms with E-state index in [1.807, 2.05) is 13.0 Å². The molecule has 3 heterocycles. The summed E-state index contributed by atoms with van der Waals surface area (Å²) in [4.78, 5) is 14.8. The number of fused-ring (bicyclic) bond motifs is 3. The van der Waals surface area contributed by atoms with Crippen molar-refractivity contribution in [3.63, 3.8) is 0 Å². The molecular formula is C17H23ClN2O2. The maximum Gasteiger partial charge on any atom is 0.261 e. The molecule has 0 aromatic heterocycles. The van der Waals surface area contributed by atoms with Crippen LogP contribution in [0.1, 0.15) is 25.3 Å². The smallest absolute Gasteiger partial charge is 0.261 e. The molecule has 2 unspecified atom stereocenters. The van der Waals surface area contributed by atoms with Crippen LogP contribution in [0.25, 0.3) is 0 Å². The Bertz CT molecular complexity index is 556. The fourth-order valence-corrected chi connectivity index (χ4v) is 3.49. The topological polar surface area (TPSA) is 41.6 Å². The van der Waals surface area contributed by atoms with Gasteiger partial charge in [-0.15, -0.1) is 0 Å². The monoisotopic (exact) mass is 322 g/mol. The third-order valence-corrected chi connectivity index (χ3v) is 5.22. The van der Waals surface area contributed by atoms with Crippen LogP contribution in [0, 0.1) is 12.8 Å². The minimum Gasteiger partial charge on any atom is -0.481 e. The van der Waals surface area contributed by atoms with Gasteiger partial charge in [0.15, 0.2) is 6.10 Å². The summed E-state index contributed by atoms with van der Waals surface area (Å²) >= 11 is 6.01. The number of aryl methyl sites for hydroxylation is 1. The van der Waals surface area contributed by atoms with Gasteiger partial charge in [0.1, 0.15) is 5.75 Å². The number of hydrogen-bond donors (Lipinski definition) is 1. The van der Waals surface area contributed by atoms with Gasteiger partial charge in [0.25, 0.3) is 5.91 Å². The molecule has 1 aromatic rings. The first-order chi connectivity index (χ1) is 10.5. The van der Waals surface area contributed by atoms with E-state index in [-0.39, 0.29) is 11.9 Å². The molecule has 2 atom stereocenters. The summed E-state index contributed by atoms with van der Waals surface area (Å²) in [6, 6.07) is 5.73. The van der Waals surface area contributed by atoms with Crippen molar-refractivity contribution in [1.82, 2.24) is 10.2 Å². The molecule has 3 fully saturated rings. The third-order valence-electron chi connectivity index (χ3n) is 4.80. The largest absolute Gasteiger partial charge is 0.481 e. The Morgan fingerprint density at radius 1 is 1.41 bits per heavy atom. The van der Waals surface area contributed by atoms with E-state index in [0.717, 1.165) is 12.1 Å². The molecule has 0 aliphatic carbocycles. The molecule has 0 radical (unpaired) electrons. The molecule has 2 bridgehead atoms. The Labute approximate surface area is 136 Å². The Hall–Kier alpha value is -1.26. The second kappa shape index (κ2) is 6.47. The standard InChI is InChI=1S/C17H23ClN2O2/c1-11-9-14(3-4-15(11)18)22-12(2)17(21)19-16-10-20-7-5-13(16)6-8-20/h3-4,9,12-13,16H,5-8,10H2,1-2H3,(H,19,21). The lowest BCUT2D eigenvalue weighted by atomic mass is 9.84. The average Bonchev–Trinajstić information content (AvgIpc) is 2.52. The van der Waals surface area contributed by atoms with Gasteiger partial charge < -0.3 is 15.0 Å². The van der Waals surface area contributed by atoms with Gasteiger partial charge in [-0.25, -0.2) is 0 Å². The number of ether oxygens (including phenoxy) is 1. The highest BCUT2D eigenvalue weighted by molar-refractivity contribution is 6.31. The number of nitrogens with one attached hydrogen (secondary N) is 1. The Morgan fingerprint density at radius 3 is 2.73 bits per heavy atom. The zero-order valence-electron chi connectivity index (χ0n) is 13.1. The molecule has 3 aliphatic heterocycles. The summed E-state index contributed by atoms with van der Waals surface area (Å²) in [7, 11) is 0. The molecule has 1 aromatic carbocycles. The number of piperidine rings is 3. The zero-order valence-corrected chi connectivity index (χ0v) is 13.9.